The lowest BCUT2D eigenvalue weighted by atomic mass is 10.0. The van der Waals surface area contributed by atoms with Gasteiger partial charge in [-0.3, -0.25) is 0 Å². The van der Waals surface area contributed by atoms with Crippen molar-refractivity contribution < 1.29 is 0 Å². The van der Waals surface area contributed by atoms with Gasteiger partial charge in [0.1, 0.15) is 0 Å². The van der Waals surface area contributed by atoms with E-state index in [1.54, 1.807) is 0 Å². The summed E-state index contributed by atoms with van der Waals surface area (Å²) in [6.45, 7) is 0. The van der Waals surface area contributed by atoms with Gasteiger partial charge < -0.3 is 4.57 Å². The van der Waals surface area contributed by atoms with Crippen molar-refractivity contribution in [2.75, 3.05) is 0 Å². The van der Waals surface area contributed by atoms with Crippen molar-refractivity contribution in [3.8, 4) is 16.8 Å². The number of nitrogens with zero attached hydrogens (tertiary/aromatic N) is 1. The first-order chi connectivity index (χ1) is 14.8. The quantitative estimate of drug-likeness (QED) is 0.274. The van der Waals surface area contributed by atoms with E-state index in [1.165, 1.54) is 32.6 Å². The number of benzene rings is 5. The molecular weight excluding hydrogens is 386 g/mol. The molecule has 0 unspecified atom stereocenters. The molecule has 0 aliphatic heterocycles. The molecule has 142 valence electrons. The number of rotatable bonds is 2. The van der Waals surface area contributed by atoms with Crippen LogP contribution in [-0.4, -0.2) is 4.57 Å². The fraction of sp³-hybridized carbons (Fsp3) is 0. The van der Waals surface area contributed by atoms with Crippen LogP contribution in [0.5, 0.6) is 0 Å². The minimum atomic E-state index is 0.767. The zero-order valence-corrected chi connectivity index (χ0v) is 17.0. The van der Waals surface area contributed by atoms with Gasteiger partial charge in [-0.2, -0.15) is 0 Å². The predicted octanol–water partition coefficient (Wildman–Crippen LogP) is 8.26. The Labute approximate surface area is 179 Å². The number of aromatic nitrogens is 1. The Kier molecular flexibility index (Phi) is 3.90. The maximum Gasteiger partial charge on any atom is 0.0547 e. The highest BCUT2D eigenvalue weighted by molar-refractivity contribution is 6.33. The maximum atomic E-state index is 6.48. The topological polar surface area (TPSA) is 4.93 Å². The predicted molar refractivity (Wildman–Crippen MR) is 129 cm³/mol. The molecule has 6 aromatic rings. The van der Waals surface area contributed by atoms with Crippen molar-refractivity contribution >= 4 is 44.2 Å². The lowest BCUT2D eigenvalue weighted by Gasteiger charge is -2.11. The third-order valence-electron chi connectivity index (χ3n) is 5.83. The van der Waals surface area contributed by atoms with E-state index in [1.807, 2.05) is 18.2 Å². The molecule has 0 bridgehead atoms. The summed E-state index contributed by atoms with van der Waals surface area (Å²) in [4.78, 5) is 0. The van der Waals surface area contributed by atoms with Gasteiger partial charge in [-0.1, -0.05) is 84.4 Å². The van der Waals surface area contributed by atoms with Crippen LogP contribution in [0.25, 0.3) is 49.4 Å². The first-order valence-corrected chi connectivity index (χ1v) is 10.4. The van der Waals surface area contributed by atoms with Crippen molar-refractivity contribution in [3.05, 3.63) is 114 Å². The van der Waals surface area contributed by atoms with E-state index in [9.17, 15) is 0 Å². The molecule has 6 rings (SSSR count). The first kappa shape index (κ1) is 17.3. The monoisotopic (exact) mass is 403 g/mol. The largest absolute Gasteiger partial charge is 0.309 e. The van der Waals surface area contributed by atoms with Gasteiger partial charge in [0.25, 0.3) is 0 Å². The van der Waals surface area contributed by atoms with Crippen molar-refractivity contribution in [1.82, 2.24) is 4.57 Å². The highest BCUT2D eigenvalue weighted by Crippen LogP contribution is 2.36. The summed E-state index contributed by atoms with van der Waals surface area (Å²) in [5.41, 5.74) is 5.72. The molecule has 1 nitrogen and oxygen atoms in total. The van der Waals surface area contributed by atoms with Crippen molar-refractivity contribution in [2.45, 2.75) is 0 Å². The summed E-state index contributed by atoms with van der Waals surface area (Å²) < 4.78 is 2.36. The van der Waals surface area contributed by atoms with Gasteiger partial charge in [-0.05, 0) is 52.7 Å². The zero-order chi connectivity index (χ0) is 20.1. The summed E-state index contributed by atoms with van der Waals surface area (Å²) in [5, 5.41) is 5.81. The average molecular weight is 404 g/mol. The zero-order valence-electron chi connectivity index (χ0n) is 16.2. The maximum absolute atomic E-state index is 6.48. The van der Waals surface area contributed by atoms with Crippen LogP contribution in [0.2, 0.25) is 5.02 Å². The number of hydrogen-bond acceptors (Lipinski definition) is 0. The van der Waals surface area contributed by atoms with Gasteiger partial charge in [0, 0.05) is 27.0 Å². The molecule has 0 N–H and O–H groups in total. The van der Waals surface area contributed by atoms with Gasteiger partial charge in [0.15, 0.2) is 0 Å². The molecule has 0 saturated carbocycles. The minimum absolute atomic E-state index is 0.767. The SMILES string of the molecule is Clc1ccccc1-c1cccc(-n2c3ccccc3c3cc4ccccc4cc32)c1. The van der Waals surface area contributed by atoms with Crippen LogP contribution >= 0.6 is 11.6 Å². The second-order valence-corrected chi connectivity index (χ2v) is 8.01. The molecule has 0 saturated heterocycles. The van der Waals surface area contributed by atoms with Crippen LogP contribution in [-0.2, 0) is 0 Å². The standard InChI is InChI=1S/C28H18ClN/c29-26-14-5-3-12-23(26)21-10-7-11-22(16-21)30-27-15-6-4-13-24(27)25-17-19-8-1-2-9-20(19)18-28(25)30/h1-18H. The first-order valence-electron chi connectivity index (χ1n) is 10.1. The van der Waals surface area contributed by atoms with Gasteiger partial charge in [0.05, 0.1) is 11.0 Å². The van der Waals surface area contributed by atoms with Crippen molar-refractivity contribution in [1.29, 1.82) is 0 Å². The van der Waals surface area contributed by atoms with E-state index in [2.05, 4.69) is 95.6 Å². The Morgan fingerprint density at radius 2 is 1.27 bits per heavy atom. The average Bonchev–Trinajstić information content (AvgIpc) is 3.11. The Hall–Kier alpha value is -3.55. The molecule has 1 aromatic heterocycles. The van der Waals surface area contributed by atoms with Crippen LogP contribution in [0.15, 0.2) is 109 Å². The van der Waals surface area contributed by atoms with E-state index in [-0.39, 0.29) is 0 Å². The summed E-state index contributed by atoms with van der Waals surface area (Å²) in [7, 11) is 0. The molecule has 0 amide bonds. The van der Waals surface area contributed by atoms with Crippen LogP contribution in [0.1, 0.15) is 0 Å². The smallest absolute Gasteiger partial charge is 0.0547 e. The molecule has 0 aliphatic rings. The Morgan fingerprint density at radius 1 is 0.533 bits per heavy atom. The normalized spacial score (nSPS) is 11.5. The van der Waals surface area contributed by atoms with Gasteiger partial charge in [-0.15, -0.1) is 0 Å². The Balaban J connectivity index is 1.69. The molecule has 1 heterocycles. The summed E-state index contributed by atoms with van der Waals surface area (Å²) in [6.07, 6.45) is 0. The molecule has 0 radical (unpaired) electrons. The number of para-hydroxylation sites is 1. The molecule has 0 spiro atoms. The second-order valence-electron chi connectivity index (χ2n) is 7.60. The number of hydrogen-bond donors (Lipinski definition) is 0. The number of fused-ring (bicyclic) bond motifs is 4. The lowest BCUT2D eigenvalue weighted by Crippen LogP contribution is -1.94. The van der Waals surface area contributed by atoms with Crippen LogP contribution in [0.4, 0.5) is 0 Å². The Bertz CT molecular complexity index is 1560. The van der Waals surface area contributed by atoms with Crippen LogP contribution in [0, 0.1) is 0 Å². The third kappa shape index (κ3) is 2.63. The van der Waals surface area contributed by atoms with E-state index in [0.29, 0.717) is 0 Å². The van der Waals surface area contributed by atoms with Gasteiger partial charge >= 0.3 is 0 Å². The van der Waals surface area contributed by atoms with Gasteiger partial charge in [-0.25, -0.2) is 0 Å². The fourth-order valence-electron chi connectivity index (χ4n) is 4.44. The summed E-state index contributed by atoms with van der Waals surface area (Å²) in [6, 6.07) is 38.4. The third-order valence-corrected chi connectivity index (χ3v) is 6.16. The summed E-state index contributed by atoms with van der Waals surface area (Å²) in [5.74, 6) is 0. The van der Waals surface area contributed by atoms with Crippen LogP contribution < -0.4 is 0 Å². The molecule has 0 aliphatic carbocycles. The molecular formula is C28H18ClN. The second kappa shape index (κ2) is 6.76. The minimum Gasteiger partial charge on any atom is -0.309 e. The molecule has 2 heteroatoms. The number of halogens is 1. The molecule has 0 fully saturated rings. The molecule has 30 heavy (non-hydrogen) atoms. The van der Waals surface area contributed by atoms with Crippen LogP contribution in [0.3, 0.4) is 0 Å². The van der Waals surface area contributed by atoms with E-state index in [4.69, 9.17) is 11.6 Å². The lowest BCUT2D eigenvalue weighted by molar-refractivity contribution is 1.18. The Morgan fingerprint density at radius 3 is 2.13 bits per heavy atom. The fourth-order valence-corrected chi connectivity index (χ4v) is 4.69. The summed E-state index contributed by atoms with van der Waals surface area (Å²) >= 11 is 6.48. The van der Waals surface area contributed by atoms with Crippen molar-refractivity contribution in [3.63, 3.8) is 0 Å². The molecule has 0 atom stereocenters. The van der Waals surface area contributed by atoms with E-state index < -0.39 is 0 Å². The van der Waals surface area contributed by atoms with E-state index >= 15 is 0 Å². The highest BCUT2D eigenvalue weighted by Gasteiger charge is 2.14. The van der Waals surface area contributed by atoms with Crippen molar-refractivity contribution in [2.24, 2.45) is 0 Å². The van der Waals surface area contributed by atoms with Gasteiger partial charge in [0.2, 0.25) is 0 Å². The van der Waals surface area contributed by atoms with E-state index in [0.717, 1.165) is 21.8 Å². The highest BCUT2D eigenvalue weighted by atomic mass is 35.5. The molecule has 5 aromatic carbocycles.